The topological polar surface area (TPSA) is 193 Å². The molecule has 1 fully saturated rings. The van der Waals surface area contributed by atoms with Gasteiger partial charge in [0, 0.05) is 16.7 Å². The number of amides is 2. The van der Waals surface area contributed by atoms with Crippen molar-refractivity contribution >= 4 is 79.2 Å². The number of aliphatic carboxylic acids is 1. The number of carbonyl (C=O) groups excluding carboxylic acids is 2. The Morgan fingerprint density at radius 1 is 1.34 bits per heavy atom. The molecule has 14 nitrogen and oxygen atoms in total. The Labute approximate surface area is 226 Å². The number of hydrogen-bond donors (Lipinski definition) is 4. The minimum absolute atomic E-state index is 0.134. The van der Waals surface area contributed by atoms with E-state index in [1.165, 1.54) is 29.2 Å². The van der Waals surface area contributed by atoms with Crippen LogP contribution in [0.5, 0.6) is 0 Å². The lowest BCUT2D eigenvalue weighted by atomic mass is 10.0. The average Bonchev–Trinajstić information content (AvgIpc) is 3.57. The highest BCUT2D eigenvalue weighted by Crippen LogP contribution is 2.40. The molecule has 198 valence electrons. The molecule has 0 aromatic carbocycles. The van der Waals surface area contributed by atoms with Crippen LogP contribution in [0, 0.1) is 0 Å². The first-order valence-corrected chi connectivity index (χ1v) is 13.6. The molecule has 5 N–H and O–H groups in total. The summed E-state index contributed by atoms with van der Waals surface area (Å²) in [7, 11) is 3.01. The lowest BCUT2D eigenvalue weighted by molar-refractivity contribution is -0.764. The van der Waals surface area contributed by atoms with Gasteiger partial charge in [-0.25, -0.2) is 14.6 Å². The molecular weight excluding hydrogens is 558 g/mol. The molecule has 0 bridgehead atoms. The number of anilines is 1. The number of thiazole rings is 1. The Balaban J connectivity index is 1.37. The number of carboxylic acids is 2. The van der Waals surface area contributed by atoms with Crippen molar-refractivity contribution < 1.29 is 38.9 Å². The second-order valence-corrected chi connectivity index (χ2v) is 11.3. The largest absolute Gasteiger partial charge is 0.477 e. The van der Waals surface area contributed by atoms with Gasteiger partial charge in [-0.2, -0.15) is 0 Å². The van der Waals surface area contributed by atoms with Crippen molar-refractivity contribution in [2.45, 2.75) is 18.0 Å². The minimum atomic E-state index is -1.26. The van der Waals surface area contributed by atoms with Gasteiger partial charge in [-0.05, 0) is 6.07 Å². The van der Waals surface area contributed by atoms with Crippen LogP contribution in [-0.4, -0.2) is 78.5 Å². The number of thioether (sulfide) groups is 1. The Morgan fingerprint density at radius 3 is 2.71 bits per heavy atom. The number of rotatable bonds is 8. The third kappa shape index (κ3) is 4.27. The fraction of sp³-hybridized carbons (Fsp3) is 0.286. The van der Waals surface area contributed by atoms with Crippen molar-refractivity contribution in [3.8, 4) is 0 Å². The predicted octanol–water partition coefficient (Wildman–Crippen LogP) is 0.0535. The molecule has 0 radical (unpaired) electrons. The van der Waals surface area contributed by atoms with E-state index in [2.05, 4.69) is 15.5 Å². The number of β-lactam (4-membered cyclic amide) rings is 1. The summed E-state index contributed by atoms with van der Waals surface area (Å²) in [5, 5.41) is 27.4. The van der Waals surface area contributed by atoms with Crippen LogP contribution in [0.4, 0.5) is 5.13 Å². The van der Waals surface area contributed by atoms with E-state index in [0.29, 0.717) is 16.7 Å². The van der Waals surface area contributed by atoms with Gasteiger partial charge in [0.25, 0.3) is 11.8 Å². The SMILES string of the molecule is CO/N=C(\C(=O)N[C@@H]1C(=O)N2C(C(=O)O)=C(C[n+]3cc4cc(C(=O)O)sc4n3C)CS[C@H]12)c1csc(N)n1. The molecule has 3 aromatic rings. The average molecular weight is 579 g/mol. The molecule has 38 heavy (non-hydrogen) atoms. The number of hydrogen-bond acceptors (Lipinski definition) is 11. The second-order valence-electron chi connectivity index (χ2n) is 8.24. The van der Waals surface area contributed by atoms with E-state index in [0.717, 1.165) is 27.5 Å². The maximum Gasteiger partial charge on any atom is 0.352 e. The van der Waals surface area contributed by atoms with Crippen molar-refractivity contribution in [1.29, 1.82) is 0 Å². The summed E-state index contributed by atoms with van der Waals surface area (Å²) < 4.78 is 3.51. The predicted molar refractivity (Wildman–Crippen MR) is 138 cm³/mol. The Kier molecular flexibility index (Phi) is 6.58. The van der Waals surface area contributed by atoms with Gasteiger partial charge in [0.1, 0.15) is 34.8 Å². The minimum Gasteiger partial charge on any atom is -0.477 e. The number of nitrogen functional groups attached to an aromatic ring is 1. The molecule has 2 aliphatic rings. The van der Waals surface area contributed by atoms with Crippen molar-refractivity contribution in [3.63, 3.8) is 0 Å². The number of nitrogens with two attached hydrogens (primary N) is 1. The first kappa shape index (κ1) is 25.7. The van der Waals surface area contributed by atoms with E-state index in [9.17, 15) is 29.4 Å². The number of aromatic nitrogens is 3. The number of oxime groups is 1. The summed E-state index contributed by atoms with van der Waals surface area (Å²) in [5.41, 5.74) is 6.05. The number of aromatic carboxylic acids is 1. The number of nitrogens with one attached hydrogen (secondary N) is 1. The summed E-state index contributed by atoms with van der Waals surface area (Å²) >= 11 is 3.56. The molecule has 0 spiro atoms. The number of nitrogens with zero attached hydrogens (tertiary/aromatic N) is 5. The van der Waals surface area contributed by atoms with Gasteiger partial charge in [0.2, 0.25) is 6.20 Å². The lowest BCUT2D eigenvalue weighted by Crippen LogP contribution is -2.71. The van der Waals surface area contributed by atoms with Crippen LogP contribution in [0.15, 0.2) is 34.1 Å². The molecule has 1 saturated heterocycles. The molecule has 0 unspecified atom stereocenters. The van der Waals surface area contributed by atoms with E-state index in [1.807, 2.05) is 0 Å². The molecule has 2 atom stereocenters. The Bertz CT molecular complexity index is 1570. The zero-order valence-corrected chi connectivity index (χ0v) is 22.2. The summed E-state index contributed by atoms with van der Waals surface area (Å²) in [6.07, 6.45) is 1.74. The number of carboxylic acid groups (broad SMARTS) is 2. The van der Waals surface area contributed by atoms with Crippen molar-refractivity contribution in [3.05, 3.63) is 39.5 Å². The fourth-order valence-corrected chi connectivity index (χ4v) is 7.09. The normalized spacial score (nSPS) is 19.4. The van der Waals surface area contributed by atoms with Crippen molar-refractivity contribution in [2.24, 2.45) is 12.2 Å². The first-order valence-electron chi connectivity index (χ1n) is 10.9. The lowest BCUT2D eigenvalue weighted by Gasteiger charge is -2.49. The van der Waals surface area contributed by atoms with Crippen LogP contribution in [0.2, 0.25) is 0 Å². The smallest absolute Gasteiger partial charge is 0.352 e. The van der Waals surface area contributed by atoms with Crippen LogP contribution in [-0.2, 0) is 32.8 Å². The van der Waals surface area contributed by atoms with Gasteiger partial charge in [0.05, 0.1) is 12.4 Å². The molecule has 2 aliphatic heterocycles. The number of fused-ring (bicyclic) bond motifs is 2. The van der Waals surface area contributed by atoms with E-state index in [4.69, 9.17) is 10.6 Å². The van der Waals surface area contributed by atoms with Crippen molar-refractivity contribution in [2.75, 3.05) is 18.6 Å². The Hall–Kier alpha value is -3.96. The summed E-state index contributed by atoms with van der Waals surface area (Å²) in [4.78, 5) is 60.4. The molecular formula is C21H20N7O7S3+. The van der Waals surface area contributed by atoms with Gasteiger partial charge in [-0.3, -0.25) is 14.5 Å². The van der Waals surface area contributed by atoms with E-state index < -0.39 is 35.2 Å². The zero-order valence-electron chi connectivity index (χ0n) is 19.8. The van der Waals surface area contributed by atoms with Crippen molar-refractivity contribution in [1.82, 2.24) is 19.9 Å². The van der Waals surface area contributed by atoms with Gasteiger partial charge in [0.15, 0.2) is 22.2 Å². The molecule has 5 rings (SSSR count). The monoisotopic (exact) mass is 578 g/mol. The number of aryl methyl sites for hydroxylation is 1. The maximum absolute atomic E-state index is 13.1. The third-order valence-corrected chi connectivity index (χ3v) is 9.19. The first-order chi connectivity index (χ1) is 18.1. The van der Waals surface area contributed by atoms with Gasteiger partial charge < -0.3 is 26.1 Å². The quantitative estimate of drug-likeness (QED) is 0.123. The fourth-order valence-electron chi connectivity index (χ4n) is 4.26. The third-order valence-electron chi connectivity index (χ3n) is 5.97. The van der Waals surface area contributed by atoms with Gasteiger partial charge in [-0.15, -0.1) is 43.8 Å². The van der Waals surface area contributed by atoms with Crippen LogP contribution in [0.1, 0.15) is 15.4 Å². The molecule has 0 saturated carbocycles. The number of carbonyl (C=O) groups is 4. The molecule has 2 amide bonds. The summed E-state index contributed by atoms with van der Waals surface area (Å²) in [6.45, 7) is 0.179. The summed E-state index contributed by atoms with van der Waals surface area (Å²) in [6, 6.07) is 0.591. The standard InChI is InChI=1S/C21H19N7O7S3/c1-26-17-8(3-11(38-17)19(31)32)4-27(26)5-9-6-36-18-13(16(30)28(18)14(9)20(33)34)24-15(29)12(25-35-2)10-7-37-21(22)23-10/h3-4,7,13,18H,5-6H2,1-2H3,(H4-,22,23,24,29,31,32,33,34)/p+1/b25-12-/t13-,18-/m1/s1. The summed E-state index contributed by atoms with van der Waals surface area (Å²) in [5.74, 6) is -3.24. The molecule has 5 heterocycles. The molecule has 3 aromatic heterocycles. The highest BCUT2D eigenvalue weighted by molar-refractivity contribution is 8.00. The van der Waals surface area contributed by atoms with Crippen LogP contribution < -0.4 is 15.7 Å². The highest BCUT2D eigenvalue weighted by atomic mass is 32.2. The zero-order chi connectivity index (χ0) is 27.3. The second kappa shape index (κ2) is 9.73. The van der Waals surface area contributed by atoms with E-state index >= 15 is 0 Å². The van der Waals surface area contributed by atoms with Gasteiger partial charge in [-0.1, -0.05) is 5.16 Å². The van der Waals surface area contributed by atoms with E-state index in [1.54, 1.807) is 28.7 Å². The van der Waals surface area contributed by atoms with Crippen LogP contribution in [0.3, 0.4) is 0 Å². The highest BCUT2D eigenvalue weighted by Gasteiger charge is 2.55. The van der Waals surface area contributed by atoms with Crippen LogP contribution >= 0.6 is 34.4 Å². The molecule has 0 aliphatic carbocycles. The maximum atomic E-state index is 13.1. The van der Waals surface area contributed by atoms with Gasteiger partial charge >= 0.3 is 11.9 Å². The Morgan fingerprint density at radius 2 is 2.11 bits per heavy atom. The van der Waals surface area contributed by atoms with Crippen LogP contribution in [0.25, 0.3) is 10.2 Å². The molecule has 17 heteroatoms. The number of thiophene rings is 1. The van der Waals surface area contributed by atoms with E-state index in [-0.39, 0.29) is 33.7 Å².